The van der Waals surface area contributed by atoms with E-state index in [1.165, 1.54) is 24.3 Å². The van der Waals surface area contributed by atoms with Gasteiger partial charge in [-0.3, -0.25) is 9.69 Å². The number of amides is 1. The Morgan fingerprint density at radius 1 is 1.53 bits per heavy atom. The van der Waals surface area contributed by atoms with Crippen LogP contribution in [0.2, 0.25) is 0 Å². The summed E-state index contributed by atoms with van der Waals surface area (Å²) in [5, 5.41) is 11.3. The molecule has 0 aliphatic rings. The standard InChI is InChI=1S/C12H14FN3O/c1-9(7-14)16(2)8-12(17)15-11-5-3-10(13)4-6-11/h3-6,9H,8H2,1-2H3,(H,15,17). The van der Waals surface area contributed by atoms with Crippen molar-refractivity contribution in [2.75, 3.05) is 18.9 Å². The third-order valence-electron chi connectivity index (χ3n) is 2.37. The van der Waals surface area contributed by atoms with E-state index in [0.717, 1.165) is 0 Å². The van der Waals surface area contributed by atoms with Crippen molar-refractivity contribution in [2.45, 2.75) is 13.0 Å². The van der Waals surface area contributed by atoms with Crippen molar-refractivity contribution < 1.29 is 9.18 Å². The van der Waals surface area contributed by atoms with E-state index in [0.29, 0.717) is 5.69 Å². The molecule has 4 nitrogen and oxygen atoms in total. The maximum atomic E-state index is 12.6. The molecule has 1 aromatic rings. The van der Waals surface area contributed by atoms with Crippen molar-refractivity contribution >= 4 is 11.6 Å². The first-order valence-corrected chi connectivity index (χ1v) is 5.18. The Hall–Kier alpha value is -1.93. The summed E-state index contributed by atoms with van der Waals surface area (Å²) in [5.74, 6) is -0.584. The molecule has 1 N–H and O–H groups in total. The molecule has 1 unspecified atom stereocenters. The van der Waals surface area contributed by atoms with E-state index < -0.39 is 0 Å². The van der Waals surface area contributed by atoms with E-state index in [-0.39, 0.29) is 24.3 Å². The van der Waals surface area contributed by atoms with Crippen LogP contribution < -0.4 is 5.32 Å². The molecule has 1 rings (SSSR count). The lowest BCUT2D eigenvalue weighted by atomic mass is 10.3. The normalized spacial score (nSPS) is 11.9. The Morgan fingerprint density at radius 2 is 2.12 bits per heavy atom. The number of nitriles is 1. The van der Waals surface area contributed by atoms with E-state index in [1.807, 2.05) is 6.07 Å². The summed E-state index contributed by atoms with van der Waals surface area (Å²) >= 11 is 0. The first kappa shape index (κ1) is 13.1. The molecule has 1 atom stereocenters. The Morgan fingerprint density at radius 3 is 2.65 bits per heavy atom. The van der Waals surface area contributed by atoms with Gasteiger partial charge < -0.3 is 5.32 Å². The molecular weight excluding hydrogens is 221 g/mol. The van der Waals surface area contributed by atoms with Gasteiger partial charge >= 0.3 is 0 Å². The third kappa shape index (κ3) is 4.21. The van der Waals surface area contributed by atoms with Gasteiger partial charge in [-0.15, -0.1) is 0 Å². The van der Waals surface area contributed by atoms with Crippen LogP contribution in [0.3, 0.4) is 0 Å². The van der Waals surface area contributed by atoms with Gasteiger partial charge in [0.05, 0.1) is 18.7 Å². The fourth-order valence-corrected chi connectivity index (χ4v) is 1.20. The van der Waals surface area contributed by atoms with Crippen LogP contribution in [0.1, 0.15) is 6.92 Å². The summed E-state index contributed by atoms with van der Waals surface area (Å²) < 4.78 is 12.6. The molecule has 0 heterocycles. The molecule has 1 amide bonds. The molecule has 0 aliphatic carbocycles. The van der Waals surface area contributed by atoms with Gasteiger partial charge in [0.15, 0.2) is 0 Å². The van der Waals surface area contributed by atoms with E-state index in [2.05, 4.69) is 5.32 Å². The molecule has 17 heavy (non-hydrogen) atoms. The summed E-state index contributed by atoms with van der Waals surface area (Å²) in [6.07, 6.45) is 0. The summed E-state index contributed by atoms with van der Waals surface area (Å²) in [6.45, 7) is 1.83. The molecule has 0 saturated heterocycles. The van der Waals surface area contributed by atoms with Crippen molar-refractivity contribution in [1.82, 2.24) is 4.90 Å². The minimum Gasteiger partial charge on any atom is -0.325 e. The predicted molar refractivity (Wildman–Crippen MR) is 62.7 cm³/mol. The molecule has 0 aromatic heterocycles. The number of halogens is 1. The monoisotopic (exact) mass is 235 g/mol. The van der Waals surface area contributed by atoms with Gasteiger partial charge in [-0.05, 0) is 38.2 Å². The van der Waals surface area contributed by atoms with Gasteiger partial charge in [0, 0.05) is 5.69 Å². The number of carbonyl (C=O) groups is 1. The van der Waals surface area contributed by atoms with Crippen molar-refractivity contribution in [1.29, 1.82) is 5.26 Å². The fraction of sp³-hybridized carbons (Fsp3) is 0.333. The Kier molecular flexibility index (Phi) is 4.61. The number of rotatable bonds is 4. The lowest BCUT2D eigenvalue weighted by Crippen LogP contribution is -2.35. The highest BCUT2D eigenvalue weighted by atomic mass is 19.1. The maximum absolute atomic E-state index is 12.6. The Labute approximate surface area is 99.7 Å². The highest BCUT2D eigenvalue weighted by Gasteiger charge is 2.12. The van der Waals surface area contributed by atoms with E-state index in [1.54, 1.807) is 18.9 Å². The number of nitrogens with one attached hydrogen (secondary N) is 1. The summed E-state index contributed by atoms with van der Waals surface area (Å²) in [4.78, 5) is 13.2. The van der Waals surface area contributed by atoms with Crippen LogP contribution >= 0.6 is 0 Å². The van der Waals surface area contributed by atoms with Gasteiger partial charge in [-0.25, -0.2) is 4.39 Å². The van der Waals surface area contributed by atoms with Crippen molar-refractivity contribution in [3.05, 3.63) is 30.1 Å². The van der Waals surface area contributed by atoms with Crippen LogP contribution in [0.4, 0.5) is 10.1 Å². The van der Waals surface area contributed by atoms with Crippen molar-refractivity contribution in [3.63, 3.8) is 0 Å². The van der Waals surface area contributed by atoms with Gasteiger partial charge in [-0.2, -0.15) is 5.26 Å². The van der Waals surface area contributed by atoms with E-state index >= 15 is 0 Å². The molecule has 0 spiro atoms. The molecule has 0 radical (unpaired) electrons. The van der Waals surface area contributed by atoms with Crippen LogP contribution in [-0.4, -0.2) is 30.4 Å². The fourth-order valence-electron chi connectivity index (χ4n) is 1.20. The molecule has 0 saturated carbocycles. The third-order valence-corrected chi connectivity index (χ3v) is 2.37. The first-order valence-electron chi connectivity index (χ1n) is 5.18. The summed E-state index contributed by atoms with van der Waals surface area (Å²) in [5.41, 5.74) is 0.536. The lowest BCUT2D eigenvalue weighted by Gasteiger charge is -2.18. The maximum Gasteiger partial charge on any atom is 0.238 e. The minimum absolute atomic E-state index is 0.117. The molecule has 0 aliphatic heterocycles. The van der Waals surface area contributed by atoms with Crippen LogP contribution in [0.15, 0.2) is 24.3 Å². The van der Waals surface area contributed by atoms with Crippen molar-refractivity contribution in [3.8, 4) is 6.07 Å². The zero-order chi connectivity index (χ0) is 12.8. The van der Waals surface area contributed by atoms with Gasteiger partial charge in [-0.1, -0.05) is 0 Å². The first-order chi connectivity index (χ1) is 8.02. The molecule has 0 bridgehead atoms. The number of anilines is 1. The largest absolute Gasteiger partial charge is 0.325 e. The number of likely N-dealkylation sites (N-methyl/N-ethyl adjacent to an activating group) is 1. The highest BCUT2D eigenvalue weighted by molar-refractivity contribution is 5.92. The number of carbonyl (C=O) groups excluding carboxylic acids is 1. The zero-order valence-electron chi connectivity index (χ0n) is 9.77. The topological polar surface area (TPSA) is 56.1 Å². The van der Waals surface area contributed by atoms with Gasteiger partial charge in [0.25, 0.3) is 0 Å². The van der Waals surface area contributed by atoms with Crippen molar-refractivity contribution in [2.24, 2.45) is 0 Å². The molecule has 1 aromatic carbocycles. The quantitative estimate of drug-likeness (QED) is 0.862. The number of hydrogen-bond donors (Lipinski definition) is 1. The van der Waals surface area contributed by atoms with E-state index in [4.69, 9.17) is 5.26 Å². The smallest absolute Gasteiger partial charge is 0.238 e. The number of nitrogens with zero attached hydrogens (tertiary/aromatic N) is 2. The van der Waals surface area contributed by atoms with Gasteiger partial charge in [0.1, 0.15) is 5.82 Å². The average molecular weight is 235 g/mol. The molecule has 0 fully saturated rings. The molecule has 5 heteroatoms. The summed E-state index contributed by atoms with van der Waals surface area (Å²) in [6, 6.07) is 7.24. The molecular formula is C12H14FN3O. The second-order valence-corrected chi connectivity index (χ2v) is 3.78. The highest BCUT2D eigenvalue weighted by Crippen LogP contribution is 2.08. The van der Waals surface area contributed by atoms with Crippen LogP contribution in [0, 0.1) is 17.1 Å². The van der Waals surface area contributed by atoms with Crippen LogP contribution in [0.5, 0.6) is 0 Å². The Balaban J connectivity index is 2.50. The SMILES string of the molecule is CC(C#N)N(C)CC(=O)Nc1ccc(F)cc1. The van der Waals surface area contributed by atoms with Crippen LogP contribution in [-0.2, 0) is 4.79 Å². The minimum atomic E-state index is -0.349. The second kappa shape index (κ2) is 5.97. The number of benzene rings is 1. The average Bonchev–Trinajstić information content (AvgIpc) is 2.30. The van der Waals surface area contributed by atoms with E-state index in [9.17, 15) is 9.18 Å². The lowest BCUT2D eigenvalue weighted by molar-refractivity contribution is -0.117. The Bertz CT molecular complexity index is 424. The van der Waals surface area contributed by atoms with Crippen LogP contribution in [0.25, 0.3) is 0 Å². The zero-order valence-corrected chi connectivity index (χ0v) is 9.77. The van der Waals surface area contributed by atoms with Gasteiger partial charge in [0.2, 0.25) is 5.91 Å². The molecule has 90 valence electrons. The predicted octanol–water partition coefficient (Wildman–Crippen LogP) is 1.61. The second-order valence-electron chi connectivity index (χ2n) is 3.78. The number of hydrogen-bond acceptors (Lipinski definition) is 3. The summed E-state index contributed by atoms with van der Waals surface area (Å²) in [7, 11) is 1.69.